The van der Waals surface area contributed by atoms with Crippen LogP contribution in [0.15, 0.2) is 66.7 Å². The first-order chi connectivity index (χ1) is 9.29. The van der Waals surface area contributed by atoms with Gasteiger partial charge in [0.25, 0.3) is 0 Å². The minimum atomic E-state index is -0.134. The molecule has 0 unspecified atom stereocenters. The molecule has 0 aliphatic carbocycles. The van der Waals surface area contributed by atoms with Crippen LogP contribution in [-0.2, 0) is 4.79 Å². The van der Waals surface area contributed by atoms with Gasteiger partial charge in [-0.3, -0.25) is 4.79 Å². The molecule has 0 saturated heterocycles. The van der Waals surface area contributed by atoms with E-state index in [-0.39, 0.29) is 5.91 Å². The van der Waals surface area contributed by atoms with Crippen molar-refractivity contribution >= 4 is 23.0 Å². The second kappa shape index (κ2) is 6.40. The maximum atomic E-state index is 11.6. The third-order valence-electron chi connectivity index (χ3n) is 2.56. The molecular formula is C16H16N2O. The van der Waals surface area contributed by atoms with Crippen molar-refractivity contribution in [2.45, 2.75) is 6.92 Å². The molecule has 0 aromatic heterocycles. The number of nitrogens with one attached hydrogen (secondary N) is 2. The summed E-state index contributed by atoms with van der Waals surface area (Å²) in [4.78, 5) is 11.6. The van der Waals surface area contributed by atoms with Gasteiger partial charge >= 0.3 is 0 Å². The second-order valence-electron chi connectivity index (χ2n) is 4.03. The zero-order chi connectivity index (χ0) is 13.5. The molecule has 2 N–H and O–H groups in total. The summed E-state index contributed by atoms with van der Waals surface area (Å²) < 4.78 is 0. The number of para-hydroxylation sites is 3. The number of rotatable bonds is 4. The summed E-state index contributed by atoms with van der Waals surface area (Å²) in [5.41, 5.74) is 2.61. The first-order valence-electron chi connectivity index (χ1n) is 6.14. The molecule has 2 aromatic rings. The summed E-state index contributed by atoms with van der Waals surface area (Å²) in [6.07, 6.45) is 3.21. The van der Waals surface area contributed by atoms with Crippen molar-refractivity contribution in [3.05, 3.63) is 66.7 Å². The molecule has 0 atom stereocenters. The monoisotopic (exact) mass is 252 g/mol. The molecule has 0 spiro atoms. The quantitative estimate of drug-likeness (QED) is 0.809. The van der Waals surface area contributed by atoms with Crippen LogP contribution in [-0.4, -0.2) is 5.91 Å². The van der Waals surface area contributed by atoms with Gasteiger partial charge in [0.2, 0.25) is 5.91 Å². The molecule has 3 heteroatoms. The van der Waals surface area contributed by atoms with Crippen molar-refractivity contribution in [2.24, 2.45) is 0 Å². The van der Waals surface area contributed by atoms with Crippen molar-refractivity contribution < 1.29 is 4.79 Å². The average Bonchev–Trinajstić information content (AvgIpc) is 2.42. The topological polar surface area (TPSA) is 41.1 Å². The second-order valence-corrected chi connectivity index (χ2v) is 4.03. The van der Waals surface area contributed by atoms with E-state index in [0.717, 1.165) is 17.1 Å². The number of carbonyl (C=O) groups is 1. The molecule has 0 aliphatic heterocycles. The molecule has 0 saturated carbocycles. The van der Waals surface area contributed by atoms with E-state index < -0.39 is 0 Å². The fourth-order valence-electron chi connectivity index (χ4n) is 1.70. The Balaban J connectivity index is 2.19. The Labute approximate surface area is 113 Å². The lowest BCUT2D eigenvalue weighted by Crippen LogP contribution is -2.09. The van der Waals surface area contributed by atoms with Crippen molar-refractivity contribution in [3.63, 3.8) is 0 Å². The zero-order valence-electron chi connectivity index (χ0n) is 10.8. The van der Waals surface area contributed by atoms with Gasteiger partial charge in [0.15, 0.2) is 0 Å². The molecule has 2 rings (SSSR count). The van der Waals surface area contributed by atoms with Gasteiger partial charge in [0.05, 0.1) is 11.4 Å². The van der Waals surface area contributed by atoms with Crippen LogP contribution in [0.3, 0.4) is 0 Å². The minimum absolute atomic E-state index is 0.134. The smallest absolute Gasteiger partial charge is 0.248 e. The largest absolute Gasteiger partial charge is 0.354 e. The van der Waals surface area contributed by atoms with E-state index in [1.165, 1.54) is 6.08 Å². The van der Waals surface area contributed by atoms with Gasteiger partial charge in [-0.15, -0.1) is 0 Å². The lowest BCUT2D eigenvalue weighted by molar-refractivity contribution is -0.111. The summed E-state index contributed by atoms with van der Waals surface area (Å²) in [7, 11) is 0. The fourth-order valence-corrected chi connectivity index (χ4v) is 1.70. The lowest BCUT2D eigenvalue weighted by atomic mass is 10.2. The molecule has 0 radical (unpaired) electrons. The average molecular weight is 252 g/mol. The number of carbonyl (C=O) groups excluding carboxylic acids is 1. The Morgan fingerprint density at radius 1 is 0.947 bits per heavy atom. The van der Waals surface area contributed by atoms with Gasteiger partial charge in [-0.2, -0.15) is 0 Å². The van der Waals surface area contributed by atoms with Crippen LogP contribution < -0.4 is 10.6 Å². The molecule has 19 heavy (non-hydrogen) atoms. The van der Waals surface area contributed by atoms with Gasteiger partial charge in [-0.25, -0.2) is 0 Å². The Morgan fingerprint density at radius 2 is 1.58 bits per heavy atom. The highest BCUT2D eigenvalue weighted by molar-refractivity contribution is 6.01. The minimum Gasteiger partial charge on any atom is -0.354 e. The van der Waals surface area contributed by atoms with Crippen LogP contribution in [0.2, 0.25) is 0 Å². The molecule has 96 valence electrons. The van der Waals surface area contributed by atoms with Crippen molar-refractivity contribution in [1.29, 1.82) is 0 Å². The Hall–Kier alpha value is -2.55. The third kappa shape index (κ3) is 3.71. The van der Waals surface area contributed by atoms with Crippen LogP contribution >= 0.6 is 0 Å². The van der Waals surface area contributed by atoms with Crippen molar-refractivity contribution in [3.8, 4) is 0 Å². The summed E-state index contributed by atoms with van der Waals surface area (Å²) >= 11 is 0. The van der Waals surface area contributed by atoms with Gasteiger partial charge < -0.3 is 10.6 Å². The highest BCUT2D eigenvalue weighted by Crippen LogP contribution is 2.24. The predicted molar refractivity (Wildman–Crippen MR) is 79.6 cm³/mol. The number of hydrogen-bond acceptors (Lipinski definition) is 2. The van der Waals surface area contributed by atoms with Gasteiger partial charge in [0.1, 0.15) is 0 Å². The predicted octanol–water partition coefficient (Wildman–Crippen LogP) is 3.94. The number of benzene rings is 2. The summed E-state index contributed by atoms with van der Waals surface area (Å²) in [5.74, 6) is -0.134. The van der Waals surface area contributed by atoms with Crippen LogP contribution in [0, 0.1) is 0 Å². The summed E-state index contributed by atoms with van der Waals surface area (Å²) in [6, 6.07) is 17.5. The Kier molecular flexibility index (Phi) is 4.34. The molecular weight excluding hydrogens is 236 g/mol. The van der Waals surface area contributed by atoms with E-state index in [9.17, 15) is 4.79 Å². The molecule has 0 aliphatic rings. The Bertz CT molecular complexity index is 576. The van der Waals surface area contributed by atoms with E-state index in [1.807, 2.05) is 61.5 Å². The van der Waals surface area contributed by atoms with Crippen LogP contribution in [0.4, 0.5) is 17.1 Å². The molecule has 0 fully saturated rings. The number of anilines is 3. The molecule has 0 bridgehead atoms. The maximum absolute atomic E-state index is 11.6. The zero-order valence-corrected chi connectivity index (χ0v) is 10.8. The van der Waals surface area contributed by atoms with Crippen molar-refractivity contribution in [1.82, 2.24) is 0 Å². The summed E-state index contributed by atoms with van der Waals surface area (Å²) in [5, 5.41) is 6.12. The van der Waals surface area contributed by atoms with Gasteiger partial charge in [0, 0.05) is 5.69 Å². The standard InChI is InChI=1S/C16H16N2O/c1-2-8-16(19)18-15-12-7-6-11-14(15)17-13-9-4-3-5-10-13/h2-12,17H,1H3,(H,18,19)/b8-2+. The number of hydrogen-bond donors (Lipinski definition) is 2. The highest BCUT2D eigenvalue weighted by atomic mass is 16.1. The lowest BCUT2D eigenvalue weighted by Gasteiger charge is -2.12. The van der Waals surface area contributed by atoms with E-state index in [4.69, 9.17) is 0 Å². The maximum Gasteiger partial charge on any atom is 0.248 e. The van der Waals surface area contributed by atoms with Crippen molar-refractivity contribution in [2.75, 3.05) is 10.6 Å². The van der Waals surface area contributed by atoms with E-state index in [2.05, 4.69) is 10.6 Å². The number of amides is 1. The molecule has 0 heterocycles. The summed E-state index contributed by atoms with van der Waals surface area (Å²) in [6.45, 7) is 1.81. The normalized spacial score (nSPS) is 10.4. The van der Waals surface area contributed by atoms with E-state index in [1.54, 1.807) is 6.08 Å². The first kappa shape index (κ1) is 12.9. The molecule has 3 nitrogen and oxygen atoms in total. The molecule has 1 amide bonds. The van der Waals surface area contributed by atoms with E-state index >= 15 is 0 Å². The third-order valence-corrected chi connectivity index (χ3v) is 2.56. The fraction of sp³-hybridized carbons (Fsp3) is 0.0625. The van der Waals surface area contributed by atoms with Crippen LogP contribution in [0.5, 0.6) is 0 Å². The first-order valence-corrected chi connectivity index (χ1v) is 6.14. The Morgan fingerprint density at radius 3 is 2.26 bits per heavy atom. The van der Waals surface area contributed by atoms with Gasteiger partial charge in [-0.1, -0.05) is 36.4 Å². The van der Waals surface area contributed by atoms with Crippen LogP contribution in [0.25, 0.3) is 0 Å². The number of allylic oxidation sites excluding steroid dienone is 1. The highest BCUT2D eigenvalue weighted by Gasteiger charge is 2.04. The molecule has 2 aromatic carbocycles. The SMILES string of the molecule is C/C=C/C(=O)Nc1ccccc1Nc1ccccc1. The van der Waals surface area contributed by atoms with Gasteiger partial charge in [-0.05, 0) is 37.3 Å². The van der Waals surface area contributed by atoms with Crippen LogP contribution in [0.1, 0.15) is 6.92 Å². The van der Waals surface area contributed by atoms with E-state index in [0.29, 0.717) is 0 Å².